The molecule has 5 rings (SSSR count). The minimum Gasteiger partial charge on any atom is -0.423 e. The van der Waals surface area contributed by atoms with Crippen molar-refractivity contribution in [1.29, 1.82) is 0 Å². The van der Waals surface area contributed by atoms with Gasteiger partial charge in [-0.05, 0) is 66.1 Å². The first-order valence-electron chi connectivity index (χ1n) is 11.4. The molecule has 0 bridgehead atoms. The fourth-order valence-electron chi connectivity index (χ4n) is 3.87. The van der Waals surface area contributed by atoms with Crippen molar-refractivity contribution in [3.63, 3.8) is 0 Å². The fraction of sp³-hybridized carbons (Fsp3) is 0.103. The maximum Gasteiger partial charge on any atom is 0.343 e. The van der Waals surface area contributed by atoms with Gasteiger partial charge in [0, 0.05) is 18.3 Å². The van der Waals surface area contributed by atoms with E-state index in [9.17, 15) is 4.79 Å². The van der Waals surface area contributed by atoms with Crippen molar-refractivity contribution in [2.24, 2.45) is 0 Å². The van der Waals surface area contributed by atoms with Crippen LogP contribution in [-0.2, 0) is 13.0 Å². The Morgan fingerprint density at radius 1 is 0.853 bits per heavy atom. The van der Waals surface area contributed by atoms with Crippen LogP contribution in [0.2, 0.25) is 0 Å². The number of nitrogens with zero attached hydrogens (tertiary/aromatic N) is 2. The number of rotatable bonds is 7. The van der Waals surface area contributed by atoms with Crippen molar-refractivity contribution in [3.05, 3.63) is 120 Å². The molecule has 0 aliphatic heterocycles. The third-order valence-corrected chi connectivity index (χ3v) is 5.77. The Kier molecular flexibility index (Phi) is 6.08. The molecule has 2 aromatic heterocycles. The van der Waals surface area contributed by atoms with Gasteiger partial charge in [0.05, 0.1) is 5.56 Å². The highest BCUT2D eigenvalue weighted by Gasteiger charge is 2.15. The minimum atomic E-state index is -0.367. The average Bonchev–Trinajstić information content (AvgIpc) is 3.27. The molecule has 3 aromatic carbocycles. The van der Waals surface area contributed by atoms with E-state index in [2.05, 4.69) is 24.4 Å². The molecule has 5 aromatic rings. The van der Waals surface area contributed by atoms with E-state index >= 15 is 0 Å². The number of aromatic nitrogens is 2. The van der Waals surface area contributed by atoms with Crippen molar-refractivity contribution in [1.82, 2.24) is 9.38 Å². The lowest BCUT2D eigenvalue weighted by Gasteiger charge is -2.10. The van der Waals surface area contributed by atoms with E-state index in [1.165, 1.54) is 11.1 Å². The third-order valence-electron chi connectivity index (χ3n) is 5.77. The number of benzene rings is 3. The van der Waals surface area contributed by atoms with Gasteiger partial charge in [-0.3, -0.25) is 4.40 Å². The largest absolute Gasteiger partial charge is 0.423 e. The number of carbonyl (C=O) groups excluding carboxylic acids is 1. The number of anilines is 1. The van der Waals surface area contributed by atoms with Crippen LogP contribution in [-0.4, -0.2) is 15.4 Å². The molecule has 5 nitrogen and oxygen atoms in total. The lowest BCUT2D eigenvalue weighted by Crippen LogP contribution is -2.08. The van der Waals surface area contributed by atoms with Crippen LogP contribution in [0.15, 0.2) is 103 Å². The summed E-state index contributed by atoms with van der Waals surface area (Å²) in [5, 5.41) is 3.54. The first-order chi connectivity index (χ1) is 16.7. The Balaban J connectivity index is 1.38. The zero-order valence-corrected chi connectivity index (χ0v) is 18.9. The van der Waals surface area contributed by atoms with Crippen molar-refractivity contribution in [2.45, 2.75) is 19.9 Å². The van der Waals surface area contributed by atoms with Crippen LogP contribution in [0.1, 0.15) is 28.4 Å². The van der Waals surface area contributed by atoms with Crippen molar-refractivity contribution in [2.75, 3.05) is 5.32 Å². The summed E-state index contributed by atoms with van der Waals surface area (Å²) in [6.07, 6.45) is 2.93. The molecule has 0 aliphatic rings. The van der Waals surface area contributed by atoms with E-state index in [0.29, 0.717) is 17.9 Å². The summed E-state index contributed by atoms with van der Waals surface area (Å²) in [5.41, 5.74) is 5.55. The molecule has 0 amide bonds. The smallest absolute Gasteiger partial charge is 0.343 e. The van der Waals surface area contributed by atoms with Crippen LogP contribution in [0.4, 0.5) is 5.82 Å². The Morgan fingerprint density at radius 3 is 2.32 bits per heavy atom. The number of nitrogens with one attached hydrogen (secondary N) is 1. The molecule has 0 saturated heterocycles. The van der Waals surface area contributed by atoms with E-state index in [0.717, 1.165) is 29.1 Å². The molecule has 0 saturated carbocycles. The molecular formula is C29H25N3O2. The molecule has 0 fully saturated rings. The van der Waals surface area contributed by atoms with Crippen LogP contribution < -0.4 is 10.1 Å². The van der Waals surface area contributed by atoms with Gasteiger partial charge in [0.25, 0.3) is 0 Å². The second-order valence-corrected chi connectivity index (χ2v) is 8.04. The number of ether oxygens (including phenoxy) is 1. The molecule has 1 N–H and O–H groups in total. The first-order valence-corrected chi connectivity index (χ1v) is 11.4. The summed E-state index contributed by atoms with van der Waals surface area (Å²) in [5.74, 6) is 1.05. The Morgan fingerprint density at radius 2 is 1.59 bits per heavy atom. The topological polar surface area (TPSA) is 55.6 Å². The lowest BCUT2D eigenvalue weighted by atomic mass is 10.1. The molecule has 5 heteroatoms. The number of aryl methyl sites for hydroxylation is 1. The summed E-state index contributed by atoms with van der Waals surface area (Å²) >= 11 is 0. The predicted molar refractivity (Wildman–Crippen MR) is 135 cm³/mol. The van der Waals surface area contributed by atoms with Gasteiger partial charge in [0.2, 0.25) is 0 Å². The van der Waals surface area contributed by atoms with Gasteiger partial charge in [0.15, 0.2) is 0 Å². The summed E-state index contributed by atoms with van der Waals surface area (Å²) in [6.45, 7) is 2.77. The first kappa shape index (κ1) is 21.5. The normalized spacial score (nSPS) is 10.9. The van der Waals surface area contributed by atoms with E-state index in [-0.39, 0.29) is 5.97 Å². The zero-order valence-electron chi connectivity index (χ0n) is 18.9. The second kappa shape index (κ2) is 9.63. The molecule has 0 aliphatic carbocycles. The molecule has 0 atom stereocenters. The van der Waals surface area contributed by atoms with Crippen LogP contribution in [0.25, 0.3) is 16.9 Å². The maximum atomic E-state index is 12.5. The van der Waals surface area contributed by atoms with E-state index in [1.54, 1.807) is 24.3 Å². The predicted octanol–water partition coefficient (Wildman–Crippen LogP) is 6.40. The number of esters is 1. The lowest BCUT2D eigenvalue weighted by molar-refractivity contribution is 0.0735. The summed E-state index contributed by atoms with van der Waals surface area (Å²) < 4.78 is 7.63. The summed E-state index contributed by atoms with van der Waals surface area (Å²) in [6, 6.07) is 31.2. The second-order valence-electron chi connectivity index (χ2n) is 8.04. The van der Waals surface area contributed by atoms with Crippen LogP contribution >= 0.6 is 0 Å². The monoisotopic (exact) mass is 447 g/mol. The highest BCUT2D eigenvalue weighted by atomic mass is 16.5. The van der Waals surface area contributed by atoms with Crippen molar-refractivity contribution < 1.29 is 9.53 Å². The van der Waals surface area contributed by atoms with Crippen molar-refractivity contribution in [3.8, 4) is 17.0 Å². The summed E-state index contributed by atoms with van der Waals surface area (Å²) in [7, 11) is 0. The third kappa shape index (κ3) is 4.55. The SMILES string of the molecule is CCc1ccc(C(=O)Oc2ccc(-c3nc4ccccn4c3NCc3ccccc3)cc2)cc1. The van der Waals surface area contributed by atoms with Gasteiger partial charge in [-0.1, -0.05) is 55.5 Å². The number of fused-ring (bicyclic) bond motifs is 1. The molecule has 2 heterocycles. The molecule has 0 unspecified atom stereocenters. The zero-order chi connectivity index (χ0) is 23.3. The van der Waals surface area contributed by atoms with Gasteiger partial charge in [-0.2, -0.15) is 0 Å². The number of hydrogen-bond acceptors (Lipinski definition) is 4. The van der Waals surface area contributed by atoms with E-state index in [4.69, 9.17) is 9.72 Å². The Hall–Kier alpha value is -4.38. The molecular weight excluding hydrogens is 422 g/mol. The van der Waals surface area contributed by atoms with E-state index < -0.39 is 0 Å². The molecule has 168 valence electrons. The van der Waals surface area contributed by atoms with Gasteiger partial charge in [0.1, 0.15) is 22.9 Å². The van der Waals surface area contributed by atoms with Crippen LogP contribution in [0, 0.1) is 0 Å². The summed E-state index contributed by atoms with van der Waals surface area (Å²) in [4.78, 5) is 17.4. The standard InChI is InChI=1S/C29H25N3O2/c1-2-21-11-13-24(14-12-21)29(33)34-25-17-15-23(16-18-25)27-28(30-20-22-8-4-3-5-9-22)32-19-7-6-10-26(32)31-27/h3-19,30H,2,20H2,1H3. The van der Waals surface area contributed by atoms with Gasteiger partial charge < -0.3 is 10.1 Å². The molecule has 0 radical (unpaired) electrons. The average molecular weight is 448 g/mol. The van der Waals surface area contributed by atoms with E-state index in [1.807, 2.05) is 71.3 Å². The highest BCUT2D eigenvalue weighted by Crippen LogP contribution is 2.30. The highest BCUT2D eigenvalue weighted by molar-refractivity contribution is 5.91. The van der Waals surface area contributed by atoms with Crippen LogP contribution in [0.3, 0.4) is 0 Å². The minimum absolute atomic E-state index is 0.367. The van der Waals surface area contributed by atoms with Crippen LogP contribution in [0.5, 0.6) is 5.75 Å². The molecule has 0 spiro atoms. The fourth-order valence-corrected chi connectivity index (χ4v) is 3.87. The van der Waals surface area contributed by atoms with Gasteiger partial charge >= 0.3 is 5.97 Å². The maximum absolute atomic E-state index is 12.5. The number of imidazole rings is 1. The van der Waals surface area contributed by atoms with Crippen molar-refractivity contribution >= 4 is 17.4 Å². The Bertz CT molecular complexity index is 1410. The molecule has 34 heavy (non-hydrogen) atoms. The Labute approximate surface area is 198 Å². The number of hydrogen-bond donors (Lipinski definition) is 1. The van der Waals surface area contributed by atoms with Gasteiger partial charge in [-0.15, -0.1) is 0 Å². The van der Waals surface area contributed by atoms with Gasteiger partial charge in [-0.25, -0.2) is 9.78 Å². The quantitative estimate of drug-likeness (QED) is 0.232. The number of carbonyl (C=O) groups is 1. The number of pyridine rings is 1.